The first-order valence-corrected chi connectivity index (χ1v) is 11.0. The number of carboxylic acid groups (broad SMARTS) is 1. The number of carboxylic acids is 1. The van der Waals surface area contributed by atoms with E-state index in [2.05, 4.69) is 26.7 Å². The summed E-state index contributed by atoms with van der Waals surface area (Å²) in [5.41, 5.74) is 2.77. The number of hydrogen-bond donors (Lipinski definition) is 3. The highest BCUT2D eigenvalue weighted by Crippen LogP contribution is 2.31. The summed E-state index contributed by atoms with van der Waals surface area (Å²) < 4.78 is 21.7. The molecular weight excluding hydrogens is 451 g/mol. The van der Waals surface area contributed by atoms with Crippen molar-refractivity contribution in [2.45, 2.75) is 13.5 Å². The zero-order valence-corrected chi connectivity index (χ0v) is 19.0. The summed E-state index contributed by atoms with van der Waals surface area (Å²) >= 11 is 0. The monoisotopic (exact) mass is 474 g/mol. The van der Waals surface area contributed by atoms with Gasteiger partial charge in [0.15, 0.2) is 0 Å². The van der Waals surface area contributed by atoms with Crippen LogP contribution in [0.5, 0.6) is 5.75 Å². The number of ether oxygens (including phenoxy) is 1. The predicted molar refractivity (Wildman–Crippen MR) is 130 cm³/mol. The lowest BCUT2D eigenvalue weighted by atomic mass is 10.1. The zero-order valence-electron chi connectivity index (χ0n) is 19.0. The molecule has 0 aliphatic rings. The van der Waals surface area contributed by atoms with Gasteiger partial charge in [0, 0.05) is 30.1 Å². The van der Waals surface area contributed by atoms with E-state index in [1.807, 2.05) is 13.0 Å². The van der Waals surface area contributed by atoms with Gasteiger partial charge in [0.2, 0.25) is 0 Å². The number of nitriles is 1. The maximum absolute atomic E-state index is 14.4. The lowest BCUT2D eigenvalue weighted by Crippen LogP contribution is -2.13. The van der Waals surface area contributed by atoms with Crippen molar-refractivity contribution in [2.24, 2.45) is 0 Å². The number of rotatable bonds is 10. The van der Waals surface area contributed by atoms with Gasteiger partial charge in [-0.15, -0.1) is 0 Å². The standard InChI is InChI=1S/C25H23FN6O3/c1-2-35-22-11-16(6-7-20(22)29-14-24(33)34)21-12-23(31-15-30-21)28-8-9-32-18(13-27)10-17-4-3-5-19(26)25(17)32/h3-7,10-12,15,29H,2,8-9,14H2,1H3,(H,33,34)(H,28,30,31). The van der Waals surface area contributed by atoms with E-state index in [0.717, 1.165) is 5.56 Å². The van der Waals surface area contributed by atoms with E-state index in [-0.39, 0.29) is 12.4 Å². The highest BCUT2D eigenvalue weighted by molar-refractivity contribution is 5.83. The fraction of sp³-hybridized carbons (Fsp3) is 0.200. The van der Waals surface area contributed by atoms with E-state index in [0.29, 0.717) is 59.2 Å². The second kappa shape index (κ2) is 10.5. The van der Waals surface area contributed by atoms with E-state index in [1.54, 1.807) is 41.0 Å². The number of nitrogens with one attached hydrogen (secondary N) is 2. The van der Waals surface area contributed by atoms with Crippen molar-refractivity contribution in [3.05, 3.63) is 66.4 Å². The smallest absolute Gasteiger partial charge is 0.322 e. The number of aliphatic carboxylic acids is 1. The number of hydrogen-bond acceptors (Lipinski definition) is 7. The number of halogens is 1. The Balaban J connectivity index is 1.50. The van der Waals surface area contributed by atoms with E-state index >= 15 is 0 Å². The van der Waals surface area contributed by atoms with Gasteiger partial charge in [-0.2, -0.15) is 5.26 Å². The minimum Gasteiger partial charge on any atom is -0.492 e. The first-order valence-electron chi connectivity index (χ1n) is 11.0. The van der Waals surface area contributed by atoms with Crippen LogP contribution in [0, 0.1) is 17.1 Å². The first-order chi connectivity index (χ1) is 17.0. The molecule has 2 heterocycles. The number of para-hydroxylation sites is 1. The first kappa shape index (κ1) is 23.5. The van der Waals surface area contributed by atoms with E-state index in [1.165, 1.54) is 12.4 Å². The summed E-state index contributed by atoms with van der Waals surface area (Å²) in [5, 5.41) is 25.1. The van der Waals surface area contributed by atoms with Crippen molar-refractivity contribution >= 4 is 28.4 Å². The van der Waals surface area contributed by atoms with Crippen LogP contribution in [0.3, 0.4) is 0 Å². The fourth-order valence-corrected chi connectivity index (χ4v) is 3.78. The summed E-state index contributed by atoms with van der Waals surface area (Å²) in [7, 11) is 0. The molecule has 4 aromatic rings. The number of carbonyl (C=O) groups is 1. The topological polar surface area (TPSA) is 125 Å². The van der Waals surface area contributed by atoms with Crippen molar-refractivity contribution in [3.8, 4) is 23.1 Å². The van der Waals surface area contributed by atoms with Crippen LogP contribution in [-0.4, -0.2) is 45.3 Å². The molecule has 0 aliphatic heterocycles. The van der Waals surface area contributed by atoms with E-state index < -0.39 is 5.97 Å². The minimum atomic E-state index is -0.972. The van der Waals surface area contributed by atoms with Crippen LogP contribution in [0.15, 0.2) is 54.9 Å². The van der Waals surface area contributed by atoms with Crippen molar-refractivity contribution in [1.29, 1.82) is 5.26 Å². The van der Waals surface area contributed by atoms with Gasteiger partial charge in [0.25, 0.3) is 0 Å². The van der Waals surface area contributed by atoms with Gasteiger partial charge in [-0.25, -0.2) is 14.4 Å². The molecule has 0 atom stereocenters. The molecule has 9 nitrogen and oxygen atoms in total. The Hall–Kier alpha value is -4.65. The Kier molecular flexibility index (Phi) is 7.07. The third-order valence-electron chi connectivity index (χ3n) is 5.30. The quantitative estimate of drug-likeness (QED) is 0.314. The molecule has 0 radical (unpaired) electrons. The maximum atomic E-state index is 14.4. The largest absolute Gasteiger partial charge is 0.492 e. The predicted octanol–water partition coefficient (Wildman–Crippen LogP) is 4.12. The Labute approximate surface area is 200 Å². The van der Waals surface area contributed by atoms with Crippen LogP contribution < -0.4 is 15.4 Å². The van der Waals surface area contributed by atoms with Gasteiger partial charge in [0.05, 0.1) is 23.5 Å². The van der Waals surface area contributed by atoms with Gasteiger partial charge in [-0.3, -0.25) is 4.79 Å². The molecule has 0 saturated carbocycles. The molecule has 2 aromatic carbocycles. The number of fused-ring (bicyclic) bond motifs is 1. The minimum absolute atomic E-state index is 0.227. The second-order valence-corrected chi connectivity index (χ2v) is 7.58. The van der Waals surface area contributed by atoms with Crippen molar-refractivity contribution in [1.82, 2.24) is 14.5 Å². The Morgan fingerprint density at radius 1 is 1.20 bits per heavy atom. The van der Waals surface area contributed by atoms with Crippen molar-refractivity contribution in [3.63, 3.8) is 0 Å². The SMILES string of the molecule is CCOc1cc(-c2cc(NCCn3c(C#N)cc4cccc(F)c43)ncn2)ccc1NCC(=O)O. The molecule has 0 amide bonds. The van der Waals surface area contributed by atoms with Crippen molar-refractivity contribution < 1.29 is 19.0 Å². The zero-order chi connectivity index (χ0) is 24.8. The second-order valence-electron chi connectivity index (χ2n) is 7.58. The summed E-state index contributed by atoms with van der Waals surface area (Å²) in [4.78, 5) is 19.5. The maximum Gasteiger partial charge on any atom is 0.322 e. The molecule has 4 rings (SSSR count). The third kappa shape index (κ3) is 5.30. The lowest BCUT2D eigenvalue weighted by molar-refractivity contribution is -0.134. The van der Waals surface area contributed by atoms with Crippen LogP contribution in [0.4, 0.5) is 15.9 Å². The van der Waals surface area contributed by atoms with Crippen LogP contribution >= 0.6 is 0 Å². The Morgan fingerprint density at radius 3 is 2.83 bits per heavy atom. The third-order valence-corrected chi connectivity index (χ3v) is 5.30. The van der Waals surface area contributed by atoms with Crippen molar-refractivity contribution in [2.75, 3.05) is 30.3 Å². The summed E-state index contributed by atoms with van der Waals surface area (Å²) in [6.45, 7) is 2.81. The fourth-order valence-electron chi connectivity index (χ4n) is 3.78. The van der Waals surface area contributed by atoms with Crippen LogP contribution in [0.1, 0.15) is 12.6 Å². The lowest BCUT2D eigenvalue weighted by Gasteiger charge is -2.13. The van der Waals surface area contributed by atoms with Gasteiger partial charge in [-0.05, 0) is 31.2 Å². The average Bonchev–Trinajstić information content (AvgIpc) is 3.22. The average molecular weight is 474 g/mol. The molecule has 0 aliphatic carbocycles. The number of anilines is 2. The van der Waals surface area contributed by atoms with E-state index in [4.69, 9.17) is 9.84 Å². The molecular formula is C25H23FN6O3. The normalized spacial score (nSPS) is 10.7. The molecule has 178 valence electrons. The summed E-state index contributed by atoms with van der Waals surface area (Å²) in [6, 6.07) is 15.7. The van der Waals surface area contributed by atoms with Gasteiger partial charge in [0.1, 0.15) is 42.0 Å². The van der Waals surface area contributed by atoms with E-state index in [9.17, 15) is 14.4 Å². The van der Waals surface area contributed by atoms with Crippen LogP contribution in [-0.2, 0) is 11.3 Å². The van der Waals surface area contributed by atoms with Crippen LogP contribution in [0.25, 0.3) is 22.2 Å². The molecule has 0 unspecified atom stereocenters. The summed E-state index contributed by atoms with van der Waals surface area (Å²) in [5.74, 6) is -0.262. The van der Waals surface area contributed by atoms with Crippen LogP contribution in [0.2, 0.25) is 0 Å². The number of aromatic nitrogens is 3. The molecule has 0 spiro atoms. The van der Waals surface area contributed by atoms with Gasteiger partial charge >= 0.3 is 5.97 Å². The highest BCUT2D eigenvalue weighted by atomic mass is 19.1. The molecule has 2 aromatic heterocycles. The van der Waals surface area contributed by atoms with Gasteiger partial charge in [-0.1, -0.05) is 18.2 Å². The molecule has 0 saturated heterocycles. The van der Waals surface area contributed by atoms with Gasteiger partial charge < -0.3 is 25.0 Å². The molecule has 0 fully saturated rings. The highest BCUT2D eigenvalue weighted by Gasteiger charge is 2.13. The molecule has 0 bridgehead atoms. The number of nitrogens with zero attached hydrogens (tertiary/aromatic N) is 4. The Morgan fingerprint density at radius 2 is 2.06 bits per heavy atom. The molecule has 35 heavy (non-hydrogen) atoms. The number of benzene rings is 2. The molecule has 10 heteroatoms. The molecule has 3 N–H and O–H groups in total. The Bertz CT molecular complexity index is 1410. The summed E-state index contributed by atoms with van der Waals surface area (Å²) in [6.07, 6.45) is 1.43.